The quantitative estimate of drug-likeness (QED) is 0.844. The van der Waals surface area contributed by atoms with E-state index in [1.807, 2.05) is 12.1 Å². The fourth-order valence-electron chi connectivity index (χ4n) is 1.59. The Morgan fingerprint density at radius 3 is 2.94 bits per heavy atom. The molecule has 1 aliphatic carbocycles. The Balaban J connectivity index is 1.85. The average Bonchev–Trinajstić information content (AvgIpc) is 2.94. The summed E-state index contributed by atoms with van der Waals surface area (Å²) >= 11 is 0. The van der Waals surface area contributed by atoms with Crippen molar-refractivity contribution in [1.82, 2.24) is 15.1 Å². The topological polar surface area (TPSA) is 77.8 Å². The van der Waals surface area contributed by atoms with Crippen molar-refractivity contribution >= 4 is 5.82 Å². The third-order valence-electron chi connectivity index (χ3n) is 2.63. The summed E-state index contributed by atoms with van der Waals surface area (Å²) in [7, 11) is 0. The first-order valence-corrected chi connectivity index (χ1v) is 5.37. The van der Waals surface area contributed by atoms with Crippen molar-refractivity contribution in [2.45, 2.75) is 19.3 Å². The van der Waals surface area contributed by atoms with Gasteiger partial charge >= 0.3 is 0 Å². The van der Waals surface area contributed by atoms with Gasteiger partial charge < -0.3 is 10.3 Å². The third kappa shape index (κ3) is 1.88. The number of hydrogen-bond acceptors (Lipinski definition) is 5. The monoisotopic (exact) mass is 216 g/mol. The largest absolute Gasteiger partial charge is 0.384 e. The Hall–Kier alpha value is -1.91. The predicted molar refractivity (Wildman–Crippen MR) is 58.4 cm³/mol. The van der Waals surface area contributed by atoms with Crippen LogP contribution >= 0.6 is 0 Å². The summed E-state index contributed by atoms with van der Waals surface area (Å²) in [6.07, 6.45) is 3.46. The molecule has 0 radical (unpaired) electrons. The Labute approximate surface area is 92.7 Å². The minimum absolute atomic E-state index is 0.447. The number of aromatic nitrogens is 3. The molecule has 2 aromatic heterocycles. The first-order valence-electron chi connectivity index (χ1n) is 5.37. The average molecular weight is 216 g/mol. The maximum absolute atomic E-state index is 5.59. The van der Waals surface area contributed by atoms with E-state index in [1.54, 1.807) is 6.07 Å². The molecule has 2 aromatic rings. The smallest absolute Gasteiger partial charge is 0.276 e. The molecule has 0 spiro atoms. The second-order valence-corrected chi connectivity index (χ2v) is 4.11. The van der Waals surface area contributed by atoms with Gasteiger partial charge in [0.05, 0.1) is 0 Å². The summed E-state index contributed by atoms with van der Waals surface area (Å²) in [5.41, 5.74) is 6.23. The van der Waals surface area contributed by atoms with Gasteiger partial charge in [0.25, 0.3) is 5.89 Å². The standard InChI is InChI=1S/C11H12N4O/c12-9-3-1-2-8(13-9)11-14-10(15-16-11)6-7-4-5-7/h1-3,7H,4-6H2,(H2,12,13). The van der Waals surface area contributed by atoms with Crippen LogP contribution in [-0.2, 0) is 6.42 Å². The molecule has 2 heterocycles. The van der Waals surface area contributed by atoms with E-state index in [1.165, 1.54) is 12.8 Å². The van der Waals surface area contributed by atoms with Gasteiger partial charge in [-0.2, -0.15) is 4.98 Å². The minimum atomic E-state index is 0.447. The van der Waals surface area contributed by atoms with Gasteiger partial charge in [0, 0.05) is 6.42 Å². The van der Waals surface area contributed by atoms with Gasteiger partial charge in [0.1, 0.15) is 11.5 Å². The first kappa shape index (κ1) is 9.33. The van der Waals surface area contributed by atoms with Crippen molar-refractivity contribution in [2.75, 3.05) is 5.73 Å². The van der Waals surface area contributed by atoms with Crippen molar-refractivity contribution < 1.29 is 4.52 Å². The summed E-state index contributed by atoms with van der Waals surface area (Å²) in [6, 6.07) is 5.36. The molecule has 1 aliphatic rings. The molecule has 0 bridgehead atoms. The van der Waals surface area contributed by atoms with Gasteiger partial charge in [-0.25, -0.2) is 4.98 Å². The molecular formula is C11H12N4O. The van der Waals surface area contributed by atoms with Crippen LogP contribution in [0.1, 0.15) is 18.7 Å². The summed E-state index contributed by atoms with van der Waals surface area (Å²) in [5.74, 6) is 2.42. The number of nitrogens with zero attached hydrogens (tertiary/aromatic N) is 3. The Morgan fingerprint density at radius 1 is 1.31 bits per heavy atom. The molecule has 2 N–H and O–H groups in total. The van der Waals surface area contributed by atoms with Gasteiger partial charge in [0.15, 0.2) is 5.82 Å². The zero-order valence-corrected chi connectivity index (χ0v) is 8.76. The van der Waals surface area contributed by atoms with Crippen molar-refractivity contribution in [3.8, 4) is 11.6 Å². The van der Waals surface area contributed by atoms with E-state index in [4.69, 9.17) is 10.3 Å². The molecule has 82 valence electrons. The van der Waals surface area contributed by atoms with Crippen LogP contribution in [0, 0.1) is 5.92 Å². The summed E-state index contributed by atoms with van der Waals surface area (Å²) in [6.45, 7) is 0. The van der Waals surface area contributed by atoms with Crippen LogP contribution in [0.4, 0.5) is 5.82 Å². The number of hydrogen-bond donors (Lipinski definition) is 1. The molecule has 0 aromatic carbocycles. The molecule has 5 nitrogen and oxygen atoms in total. The summed E-state index contributed by atoms with van der Waals surface area (Å²) < 4.78 is 5.16. The lowest BCUT2D eigenvalue weighted by Gasteiger charge is -1.94. The van der Waals surface area contributed by atoms with Gasteiger partial charge in [-0.05, 0) is 30.9 Å². The molecule has 3 rings (SSSR count). The number of nitrogen functional groups attached to an aromatic ring is 1. The van der Waals surface area contributed by atoms with Gasteiger partial charge in [-0.3, -0.25) is 0 Å². The molecule has 0 unspecified atom stereocenters. The van der Waals surface area contributed by atoms with Crippen LogP contribution < -0.4 is 5.73 Å². The van der Waals surface area contributed by atoms with E-state index in [-0.39, 0.29) is 0 Å². The maximum atomic E-state index is 5.59. The highest BCUT2D eigenvalue weighted by Crippen LogP contribution is 2.32. The lowest BCUT2D eigenvalue weighted by Crippen LogP contribution is -1.92. The minimum Gasteiger partial charge on any atom is -0.384 e. The van der Waals surface area contributed by atoms with Crippen molar-refractivity contribution in [3.63, 3.8) is 0 Å². The van der Waals surface area contributed by atoms with E-state index < -0.39 is 0 Å². The molecule has 1 fully saturated rings. The van der Waals surface area contributed by atoms with E-state index in [0.29, 0.717) is 17.4 Å². The highest BCUT2D eigenvalue weighted by molar-refractivity contribution is 5.49. The molecule has 5 heteroatoms. The van der Waals surface area contributed by atoms with Crippen LogP contribution in [0.15, 0.2) is 22.7 Å². The van der Waals surface area contributed by atoms with Gasteiger partial charge in [-0.1, -0.05) is 11.2 Å². The fraction of sp³-hybridized carbons (Fsp3) is 0.364. The van der Waals surface area contributed by atoms with Gasteiger partial charge in [0.2, 0.25) is 0 Å². The second kappa shape index (κ2) is 3.59. The van der Waals surface area contributed by atoms with E-state index in [9.17, 15) is 0 Å². The molecular weight excluding hydrogens is 204 g/mol. The Bertz CT molecular complexity index is 504. The number of anilines is 1. The van der Waals surface area contributed by atoms with Crippen LogP contribution in [0.5, 0.6) is 0 Å². The zero-order valence-electron chi connectivity index (χ0n) is 8.76. The summed E-state index contributed by atoms with van der Waals surface area (Å²) in [5, 5.41) is 3.94. The number of nitrogens with two attached hydrogens (primary N) is 1. The zero-order chi connectivity index (χ0) is 11.0. The van der Waals surface area contributed by atoms with Crippen molar-refractivity contribution in [1.29, 1.82) is 0 Å². The molecule has 0 saturated heterocycles. The molecule has 0 amide bonds. The van der Waals surface area contributed by atoms with E-state index >= 15 is 0 Å². The predicted octanol–water partition coefficient (Wildman–Crippen LogP) is 1.67. The molecule has 16 heavy (non-hydrogen) atoms. The lowest BCUT2D eigenvalue weighted by molar-refractivity contribution is 0.420. The highest BCUT2D eigenvalue weighted by Gasteiger charge is 2.24. The Morgan fingerprint density at radius 2 is 2.19 bits per heavy atom. The fourth-order valence-corrected chi connectivity index (χ4v) is 1.59. The molecule has 0 atom stereocenters. The maximum Gasteiger partial charge on any atom is 0.276 e. The lowest BCUT2D eigenvalue weighted by atomic mass is 10.3. The molecule has 0 aliphatic heterocycles. The second-order valence-electron chi connectivity index (χ2n) is 4.11. The van der Waals surface area contributed by atoms with E-state index in [2.05, 4.69) is 15.1 Å². The van der Waals surface area contributed by atoms with Crippen LogP contribution in [0.25, 0.3) is 11.6 Å². The number of rotatable bonds is 3. The Kier molecular flexibility index (Phi) is 2.09. The first-order chi connectivity index (χ1) is 7.81. The molecule has 1 saturated carbocycles. The van der Waals surface area contributed by atoms with Gasteiger partial charge in [-0.15, -0.1) is 0 Å². The highest BCUT2D eigenvalue weighted by atomic mass is 16.5. The van der Waals surface area contributed by atoms with Crippen molar-refractivity contribution in [3.05, 3.63) is 24.0 Å². The van der Waals surface area contributed by atoms with E-state index in [0.717, 1.165) is 18.2 Å². The van der Waals surface area contributed by atoms with Crippen LogP contribution in [0.2, 0.25) is 0 Å². The number of pyridine rings is 1. The van der Waals surface area contributed by atoms with Crippen LogP contribution in [-0.4, -0.2) is 15.1 Å². The SMILES string of the molecule is Nc1cccc(-c2nc(CC3CC3)no2)n1. The third-order valence-corrected chi connectivity index (χ3v) is 2.63. The summed E-state index contributed by atoms with van der Waals surface area (Å²) in [4.78, 5) is 8.44. The van der Waals surface area contributed by atoms with Crippen LogP contribution in [0.3, 0.4) is 0 Å². The van der Waals surface area contributed by atoms with Crippen molar-refractivity contribution in [2.24, 2.45) is 5.92 Å². The normalized spacial score (nSPS) is 15.2.